The number of amides is 1. The Bertz CT molecular complexity index is 987. The van der Waals surface area contributed by atoms with Crippen molar-refractivity contribution in [1.82, 2.24) is 10.3 Å². The average Bonchev–Trinajstić information content (AvgIpc) is 2.75. The number of aryl methyl sites for hydroxylation is 2. The van der Waals surface area contributed by atoms with Crippen LogP contribution < -0.4 is 19.5 Å². The summed E-state index contributed by atoms with van der Waals surface area (Å²) >= 11 is 0. The van der Waals surface area contributed by atoms with Gasteiger partial charge in [0.1, 0.15) is 17.2 Å². The molecule has 1 aromatic heterocycles. The molecule has 0 bridgehead atoms. The molecule has 1 N–H and O–H groups in total. The number of pyridine rings is 1. The lowest BCUT2D eigenvalue weighted by Crippen LogP contribution is -2.28. The van der Waals surface area contributed by atoms with Gasteiger partial charge in [0.2, 0.25) is 5.88 Å². The van der Waals surface area contributed by atoms with Crippen LogP contribution in [0.3, 0.4) is 0 Å². The van der Waals surface area contributed by atoms with Crippen LogP contribution in [-0.2, 0) is 11.3 Å². The molecule has 3 aromatic rings. The molecule has 0 aliphatic carbocycles. The number of hydrogen-bond donors (Lipinski definition) is 1. The first-order chi connectivity index (χ1) is 14.5. The molecule has 0 spiro atoms. The summed E-state index contributed by atoms with van der Waals surface area (Å²) in [6, 6.07) is 16.7. The molecular formula is C24H26N2O4. The van der Waals surface area contributed by atoms with E-state index < -0.39 is 0 Å². The van der Waals surface area contributed by atoms with E-state index in [0.29, 0.717) is 30.5 Å². The molecule has 3 rings (SSSR count). The first-order valence-corrected chi connectivity index (χ1v) is 9.86. The molecule has 0 aliphatic rings. The molecular weight excluding hydrogens is 380 g/mol. The van der Waals surface area contributed by atoms with Gasteiger partial charge in [0, 0.05) is 18.8 Å². The van der Waals surface area contributed by atoms with E-state index in [1.807, 2.05) is 69.3 Å². The molecule has 30 heavy (non-hydrogen) atoms. The van der Waals surface area contributed by atoms with Crippen LogP contribution in [0.25, 0.3) is 0 Å². The van der Waals surface area contributed by atoms with Gasteiger partial charge in [-0.15, -0.1) is 0 Å². The number of nitrogens with zero attached hydrogens (tertiary/aromatic N) is 1. The van der Waals surface area contributed by atoms with Crippen molar-refractivity contribution in [3.05, 3.63) is 77.5 Å². The lowest BCUT2D eigenvalue weighted by molar-refractivity contribution is -0.123. The summed E-state index contributed by atoms with van der Waals surface area (Å²) in [6.07, 6.45) is 1.65. The molecule has 0 radical (unpaired) electrons. The van der Waals surface area contributed by atoms with Gasteiger partial charge in [-0.05, 0) is 79.9 Å². The third kappa shape index (κ3) is 6.24. The highest BCUT2D eigenvalue weighted by atomic mass is 16.5. The predicted octanol–water partition coefficient (Wildman–Crippen LogP) is 4.58. The van der Waals surface area contributed by atoms with Crippen LogP contribution in [0.5, 0.6) is 23.1 Å². The number of hydrogen-bond acceptors (Lipinski definition) is 5. The highest BCUT2D eigenvalue weighted by Gasteiger charge is 2.06. The number of aromatic nitrogens is 1. The summed E-state index contributed by atoms with van der Waals surface area (Å²) in [5.74, 6) is 2.39. The van der Waals surface area contributed by atoms with Crippen LogP contribution in [0.2, 0.25) is 0 Å². The maximum atomic E-state index is 12.1. The summed E-state index contributed by atoms with van der Waals surface area (Å²) in [5, 5.41) is 2.84. The van der Waals surface area contributed by atoms with E-state index in [1.54, 1.807) is 12.3 Å². The Morgan fingerprint density at radius 1 is 0.900 bits per heavy atom. The smallest absolute Gasteiger partial charge is 0.258 e. The summed E-state index contributed by atoms with van der Waals surface area (Å²) in [5.41, 5.74) is 3.20. The van der Waals surface area contributed by atoms with Crippen molar-refractivity contribution in [2.24, 2.45) is 0 Å². The Morgan fingerprint density at radius 3 is 2.37 bits per heavy atom. The molecule has 0 aliphatic heterocycles. The molecule has 0 saturated heterocycles. The van der Waals surface area contributed by atoms with Crippen molar-refractivity contribution in [1.29, 1.82) is 0 Å². The minimum atomic E-state index is -0.195. The molecule has 6 heteroatoms. The molecule has 0 fully saturated rings. The van der Waals surface area contributed by atoms with Crippen molar-refractivity contribution in [3.8, 4) is 23.1 Å². The largest absolute Gasteiger partial charge is 0.494 e. The van der Waals surface area contributed by atoms with Crippen molar-refractivity contribution < 1.29 is 19.0 Å². The van der Waals surface area contributed by atoms with Crippen LogP contribution in [0.1, 0.15) is 23.6 Å². The van der Waals surface area contributed by atoms with E-state index in [-0.39, 0.29) is 12.5 Å². The molecule has 1 amide bonds. The standard InChI is InChI=1S/C24H26N2O4/c1-4-28-20-7-9-21(10-8-20)30-24-14-19(11-12-25-24)15-26-23(27)16-29-22-6-5-17(2)18(3)13-22/h5-14H,4,15-16H2,1-3H3,(H,26,27). The number of nitrogens with one attached hydrogen (secondary N) is 1. The van der Waals surface area contributed by atoms with Crippen LogP contribution in [0.4, 0.5) is 0 Å². The van der Waals surface area contributed by atoms with Crippen LogP contribution in [0.15, 0.2) is 60.8 Å². The minimum Gasteiger partial charge on any atom is -0.494 e. The van der Waals surface area contributed by atoms with Crippen LogP contribution >= 0.6 is 0 Å². The fourth-order valence-corrected chi connectivity index (χ4v) is 2.71. The molecule has 0 unspecified atom stereocenters. The summed E-state index contributed by atoms with van der Waals surface area (Å²) in [7, 11) is 0. The summed E-state index contributed by atoms with van der Waals surface area (Å²) in [4.78, 5) is 16.3. The molecule has 0 atom stereocenters. The Hall–Kier alpha value is -3.54. The lowest BCUT2D eigenvalue weighted by atomic mass is 10.1. The number of carbonyl (C=O) groups excluding carboxylic acids is 1. The third-order valence-electron chi connectivity index (χ3n) is 4.49. The highest BCUT2D eigenvalue weighted by Crippen LogP contribution is 2.23. The zero-order chi connectivity index (χ0) is 21.3. The van der Waals surface area contributed by atoms with Gasteiger partial charge in [-0.1, -0.05) is 6.07 Å². The third-order valence-corrected chi connectivity index (χ3v) is 4.49. The number of benzene rings is 2. The van der Waals surface area contributed by atoms with Gasteiger partial charge in [0.25, 0.3) is 5.91 Å². The second kappa shape index (κ2) is 10.3. The number of carbonyl (C=O) groups is 1. The Labute approximate surface area is 176 Å². The summed E-state index contributed by atoms with van der Waals surface area (Å²) < 4.78 is 16.8. The minimum absolute atomic E-state index is 0.0386. The van der Waals surface area contributed by atoms with Crippen molar-refractivity contribution in [2.45, 2.75) is 27.3 Å². The van der Waals surface area contributed by atoms with Crippen molar-refractivity contribution >= 4 is 5.91 Å². The first-order valence-electron chi connectivity index (χ1n) is 9.86. The maximum Gasteiger partial charge on any atom is 0.258 e. The quantitative estimate of drug-likeness (QED) is 0.563. The molecule has 1 heterocycles. The maximum absolute atomic E-state index is 12.1. The predicted molar refractivity (Wildman–Crippen MR) is 115 cm³/mol. The van der Waals surface area contributed by atoms with Gasteiger partial charge >= 0.3 is 0 Å². The zero-order valence-corrected chi connectivity index (χ0v) is 17.5. The van der Waals surface area contributed by atoms with E-state index >= 15 is 0 Å². The second-order valence-corrected chi connectivity index (χ2v) is 6.82. The van der Waals surface area contributed by atoms with Gasteiger partial charge in [-0.3, -0.25) is 4.79 Å². The van der Waals surface area contributed by atoms with Crippen molar-refractivity contribution in [2.75, 3.05) is 13.2 Å². The average molecular weight is 406 g/mol. The summed E-state index contributed by atoms with van der Waals surface area (Å²) in [6.45, 7) is 6.92. The molecule has 6 nitrogen and oxygen atoms in total. The van der Waals surface area contributed by atoms with E-state index in [1.165, 1.54) is 5.56 Å². The van der Waals surface area contributed by atoms with Crippen molar-refractivity contribution in [3.63, 3.8) is 0 Å². The topological polar surface area (TPSA) is 69.7 Å². The lowest BCUT2D eigenvalue weighted by Gasteiger charge is -2.10. The fourth-order valence-electron chi connectivity index (χ4n) is 2.71. The zero-order valence-electron chi connectivity index (χ0n) is 17.5. The van der Waals surface area contributed by atoms with E-state index in [9.17, 15) is 4.79 Å². The molecule has 156 valence electrons. The monoisotopic (exact) mass is 406 g/mol. The van der Waals surface area contributed by atoms with E-state index in [4.69, 9.17) is 14.2 Å². The second-order valence-electron chi connectivity index (χ2n) is 6.82. The molecule has 0 saturated carbocycles. The normalized spacial score (nSPS) is 10.4. The van der Waals surface area contributed by atoms with Crippen LogP contribution in [-0.4, -0.2) is 24.1 Å². The number of ether oxygens (including phenoxy) is 3. The number of rotatable bonds is 9. The fraction of sp³-hybridized carbons (Fsp3) is 0.250. The Balaban J connectivity index is 1.49. The van der Waals surface area contributed by atoms with Crippen LogP contribution in [0, 0.1) is 13.8 Å². The SMILES string of the molecule is CCOc1ccc(Oc2cc(CNC(=O)COc3ccc(C)c(C)c3)ccn2)cc1. The van der Waals surface area contributed by atoms with Gasteiger partial charge in [0.15, 0.2) is 6.61 Å². The van der Waals surface area contributed by atoms with E-state index in [2.05, 4.69) is 10.3 Å². The Kier molecular flexibility index (Phi) is 7.27. The van der Waals surface area contributed by atoms with E-state index in [0.717, 1.165) is 16.9 Å². The first kappa shape index (κ1) is 21.2. The van der Waals surface area contributed by atoms with Gasteiger partial charge < -0.3 is 19.5 Å². The van der Waals surface area contributed by atoms with Gasteiger partial charge in [0.05, 0.1) is 6.61 Å². The molecule has 2 aromatic carbocycles. The van der Waals surface area contributed by atoms with Gasteiger partial charge in [-0.2, -0.15) is 0 Å². The Morgan fingerprint density at radius 2 is 1.63 bits per heavy atom. The van der Waals surface area contributed by atoms with Gasteiger partial charge in [-0.25, -0.2) is 4.98 Å². The highest BCUT2D eigenvalue weighted by molar-refractivity contribution is 5.77.